The minimum absolute atomic E-state index is 0.0126. The highest BCUT2D eigenvalue weighted by Crippen LogP contribution is 2.32. The Morgan fingerprint density at radius 2 is 1.85 bits per heavy atom. The topological polar surface area (TPSA) is 29.1 Å². The van der Waals surface area contributed by atoms with Gasteiger partial charge in [0.2, 0.25) is 0 Å². The highest BCUT2D eigenvalue weighted by Gasteiger charge is 2.19. The van der Waals surface area contributed by atoms with Gasteiger partial charge in [0.05, 0.1) is 4.88 Å². The first-order valence-electron chi connectivity index (χ1n) is 9.21. The van der Waals surface area contributed by atoms with E-state index in [4.69, 9.17) is 6.42 Å². The van der Waals surface area contributed by atoms with Crippen LogP contribution in [0.5, 0.6) is 0 Å². The van der Waals surface area contributed by atoms with Gasteiger partial charge in [-0.1, -0.05) is 37.3 Å². The first-order chi connectivity index (χ1) is 13.2. The van der Waals surface area contributed by atoms with Crippen molar-refractivity contribution >= 4 is 28.5 Å². The van der Waals surface area contributed by atoms with E-state index >= 15 is 0 Å². The molecule has 0 spiro atoms. The summed E-state index contributed by atoms with van der Waals surface area (Å²) in [6.07, 6.45) is 7.59. The number of thiophene rings is 1. The van der Waals surface area contributed by atoms with Gasteiger partial charge in [-0.05, 0) is 54.8 Å². The summed E-state index contributed by atoms with van der Waals surface area (Å²) in [5.41, 5.74) is 3.19. The number of carbonyl (C=O) groups is 1. The lowest BCUT2D eigenvalue weighted by atomic mass is 9.95. The summed E-state index contributed by atoms with van der Waals surface area (Å²) in [4.78, 5) is 14.7. The molecule has 0 bridgehead atoms. The van der Waals surface area contributed by atoms with Crippen LogP contribution < -0.4 is 5.32 Å². The predicted molar refractivity (Wildman–Crippen MR) is 116 cm³/mol. The zero-order valence-corrected chi connectivity index (χ0v) is 16.3. The van der Waals surface area contributed by atoms with Crippen molar-refractivity contribution in [1.29, 1.82) is 0 Å². The summed E-state index contributed by atoms with van der Waals surface area (Å²) >= 11 is 1.56. The Bertz CT molecular complexity index is 936. The molecule has 1 N–H and O–H groups in total. The average molecular weight is 374 g/mol. The fraction of sp³-hybridized carbons (Fsp3) is 0.208. The summed E-state index contributed by atoms with van der Waals surface area (Å²) in [5, 5.41) is 3.41. The molecular weight excluding hydrogens is 350 g/mol. The number of ketones is 1. The molecule has 3 aromatic rings. The van der Waals surface area contributed by atoms with E-state index in [1.165, 1.54) is 0 Å². The molecule has 2 nitrogen and oxygen atoms in total. The van der Waals surface area contributed by atoms with Crippen molar-refractivity contribution < 1.29 is 4.79 Å². The minimum atomic E-state index is 0.0126. The molecule has 3 heteroatoms. The van der Waals surface area contributed by atoms with Crippen molar-refractivity contribution in [3.63, 3.8) is 0 Å². The molecule has 0 fully saturated rings. The van der Waals surface area contributed by atoms with Gasteiger partial charge in [0.25, 0.3) is 0 Å². The van der Waals surface area contributed by atoms with Crippen molar-refractivity contribution in [3.05, 3.63) is 71.6 Å². The molecule has 136 valence electrons. The zero-order chi connectivity index (χ0) is 19.1. The molecule has 1 aromatic heterocycles. The highest BCUT2D eigenvalue weighted by atomic mass is 32.1. The van der Waals surface area contributed by atoms with Crippen LogP contribution in [0.4, 0.5) is 11.4 Å². The van der Waals surface area contributed by atoms with E-state index in [0.717, 1.165) is 39.5 Å². The average Bonchev–Trinajstić information content (AvgIpc) is 3.20. The lowest BCUT2D eigenvalue weighted by Crippen LogP contribution is -2.12. The van der Waals surface area contributed by atoms with E-state index in [-0.39, 0.29) is 11.7 Å². The molecule has 0 saturated heterocycles. The number of para-hydroxylation sites is 1. The van der Waals surface area contributed by atoms with E-state index in [1.807, 2.05) is 61.5 Å². The molecule has 1 unspecified atom stereocenters. The van der Waals surface area contributed by atoms with Crippen LogP contribution in [0, 0.1) is 18.3 Å². The molecule has 3 rings (SSSR count). The van der Waals surface area contributed by atoms with E-state index in [0.29, 0.717) is 6.42 Å². The number of hydrogen-bond donors (Lipinski definition) is 1. The summed E-state index contributed by atoms with van der Waals surface area (Å²) in [6, 6.07) is 22.3. The SMILES string of the molecule is C#CCCC(CC)C(=O)c1ccc(-c2cccc(Nc3ccccc3)c2)s1. The van der Waals surface area contributed by atoms with Crippen LogP contribution >= 0.6 is 11.3 Å². The maximum absolute atomic E-state index is 12.8. The van der Waals surface area contributed by atoms with Gasteiger partial charge >= 0.3 is 0 Å². The fourth-order valence-corrected chi connectivity index (χ4v) is 4.06. The maximum Gasteiger partial charge on any atom is 0.175 e. The Morgan fingerprint density at radius 1 is 1.07 bits per heavy atom. The van der Waals surface area contributed by atoms with Gasteiger partial charge in [0, 0.05) is 28.6 Å². The van der Waals surface area contributed by atoms with E-state index in [1.54, 1.807) is 11.3 Å². The van der Waals surface area contributed by atoms with Crippen LogP contribution in [-0.2, 0) is 0 Å². The number of benzene rings is 2. The van der Waals surface area contributed by atoms with Crippen LogP contribution in [0.15, 0.2) is 66.7 Å². The van der Waals surface area contributed by atoms with Gasteiger partial charge in [-0.25, -0.2) is 0 Å². The predicted octanol–water partition coefficient (Wildman–Crippen LogP) is 6.78. The van der Waals surface area contributed by atoms with Gasteiger partial charge in [-0.3, -0.25) is 4.79 Å². The third-order valence-electron chi connectivity index (χ3n) is 4.56. The second kappa shape index (κ2) is 9.21. The van der Waals surface area contributed by atoms with Crippen molar-refractivity contribution in [1.82, 2.24) is 0 Å². The molecule has 0 radical (unpaired) electrons. The monoisotopic (exact) mass is 373 g/mol. The lowest BCUT2D eigenvalue weighted by molar-refractivity contribution is 0.0915. The number of carbonyl (C=O) groups excluding carboxylic acids is 1. The van der Waals surface area contributed by atoms with Crippen LogP contribution in [0.2, 0.25) is 0 Å². The summed E-state index contributed by atoms with van der Waals surface area (Å²) in [6.45, 7) is 2.05. The molecular formula is C24H23NOS. The summed E-state index contributed by atoms with van der Waals surface area (Å²) in [5.74, 6) is 2.86. The van der Waals surface area contributed by atoms with Crippen LogP contribution in [-0.4, -0.2) is 5.78 Å². The Kier molecular flexibility index (Phi) is 6.46. The maximum atomic E-state index is 12.8. The van der Waals surface area contributed by atoms with Crippen LogP contribution in [0.1, 0.15) is 35.9 Å². The molecule has 1 heterocycles. The van der Waals surface area contributed by atoms with E-state index in [2.05, 4.69) is 23.4 Å². The van der Waals surface area contributed by atoms with Crippen molar-refractivity contribution in [2.45, 2.75) is 26.2 Å². The molecule has 2 aromatic carbocycles. The number of rotatable bonds is 8. The normalized spacial score (nSPS) is 11.6. The Labute approximate surface area is 165 Å². The second-order valence-corrected chi connectivity index (χ2v) is 7.53. The smallest absolute Gasteiger partial charge is 0.175 e. The Balaban J connectivity index is 1.77. The number of nitrogens with one attached hydrogen (secondary N) is 1. The van der Waals surface area contributed by atoms with Crippen molar-refractivity contribution in [3.8, 4) is 22.8 Å². The molecule has 27 heavy (non-hydrogen) atoms. The first-order valence-corrected chi connectivity index (χ1v) is 10.0. The Hall–Kier alpha value is -2.83. The summed E-state index contributed by atoms with van der Waals surface area (Å²) < 4.78 is 0. The number of anilines is 2. The third-order valence-corrected chi connectivity index (χ3v) is 5.71. The first kappa shape index (κ1) is 18.9. The van der Waals surface area contributed by atoms with Crippen LogP contribution in [0.3, 0.4) is 0 Å². The van der Waals surface area contributed by atoms with E-state index < -0.39 is 0 Å². The van der Waals surface area contributed by atoms with Crippen molar-refractivity contribution in [2.24, 2.45) is 5.92 Å². The minimum Gasteiger partial charge on any atom is -0.356 e. The van der Waals surface area contributed by atoms with Gasteiger partial charge in [0.15, 0.2) is 5.78 Å². The molecule has 0 aliphatic carbocycles. The largest absolute Gasteiger partial charge is 0.356 e. The summed E-state index contributed by atoms with van der Waals surface area (Å²) in [7, 11) is 0. The zero-order valence-electron chi connectivity index (χ0n) is 15.4. The van der Waals surface area contributed by atoms with Gasteiger partial charge in [-0.15, -0.1) is 23.7 Å². The Morgan fingerprint density at radius 3 is 2.59 bits per heavy atom. The molecule has 0 aliphatic heterocycles. The van der Waals surface area contributed by atoms with Crippen LogP contribution in [0.25, 0.3) is 10.4 Å². The molecule has 1 atom stereocenters. The number of Topliss-reactive ketones (excluding diaryl/α,β-unsaturated/α-hetero) is 1. The molecule has 0 amide bonds. The van der Waals surface area contributed by atoms with Gasteiger partial charge in [-0.2, -0.15) is 0 Å². The van der Waals surface area contributed by atoms with Gasteiger partial charge in [0.1, 0.15) is 0 Å². The van der Waals surface area contributed by atoms with Crippen molar-refractivity contribution in [2.75, 3.05) is 5.32 Å². The molecule has 0 aliphatic rings. The second-order valence-electron chi connectivity index (χ2n) is 6.45. The fourth-order valence-electron chi connectivity index (χ4n) is 3.04. The highest BCUT2D eigenvalue weighted by molar-refractivity contribution is 7.17. The molecule has 0 saturated carbocycles. The third kappa shape index (κ3) is 4.87. The van der Waals surface area contributed by atoms with E-state index in [9.17, 15) is 4.79 Å². The van der Waals surface area contributed by atoms with Gasteiger partial charge < -0.3 is 5.32 Å². The quantitative estimate of drug-likeness (QED) is 0.348. The number of hydrogen-bond acceptors (Lipinski definition) is 3. The lowest BCUT2D eigenvalue weighted by Gasteiger charge is -2.10. The number of terminal acetylenes is 1. The standard InChI is InChI=1S/C24H23NOS/c1-3-5-10-18(4-2)24(26)23-16-15-22(27-23)19-11-9-14-21(17-19)25-20-12-7-6-8-13-20/h1,6-9,11-18,25H,4-5,10H2,2H3.